The van der Waals surface area contributed by atoms with Gasteiger partial charge in [-0.3, -0.25) is 0 Å². The van der Waals surface area contributed by atoms with Crippen LogP contribution < -0.4 is 19.5 Å². The molecular formula is C14H21FN2O4S. The SMILES string of the molecule is COc1cc(F)c(S(=O)(=O)NC2CCNC(C)C2)cc1OC. The number of benzene rings is 1. The molecule has 2 N–H and O–H groups in total. The Bertz CT molecular complexity index is 636. The molecule has 1 aliphatic heterocycles. The molecule has 0 aliphatic carbocycles. The molecule has 8 heteroatoms. The van der Waals surface area contributed by atoms with Gasteiger partial charge in [-0.2, -0.15) is 0 Å². The molecule has 0 spiro atoms. The predicted molar refractivity (Wildman–Crippen MR) is 80.3 cm³/mol. The lowest BCUT2D eigenvalue weighted by Gasteiger charge is -2.28. The van der Waals surface area contributed by atoms with Gasteiger partial charge in [0.25, 0.3) is 0 Å². The first-order chi connectivity index (χ1) is 10.4. The molecule has 6 nitrogen and oxygen atoms in total. The zero-order chi connectivity index (χ0) is 16.3. The Hall–Kier alpha value is -1.38. The van der Waals surface area contributed by atoms with Crippen LogP contribution in [0.4, 0.5) is 4.39 Å². The van der Waals surface area contributed by atoms with E-state index >= 15 is 0 Å². The number of halogens is 1. The van der Waals surface area contributed by atoms with Gasteiger partial charge in [0.2, 0.25) is 10.0 Å². The minimum Gasteiger partial charge on any atom is -0.493 e. The van der Waals surface area contributed by atoms with Gasteiger partial charge in [0.05, 0.1) is 14.2 Å². The van der Waals surface area contributed by atoms with Gasteiger partial charge >= 0.3 is 0 Å². The van der Waals surface area contributed by atoms with Crippen LogP contribution >= 0.6 is 0 Å². The number of piperidine rings is 1. The quantitative estimate of drug-likeness (QED) is 0.849. The number of hydrogen-bond donors (Lipinski definition) is 2. The molecule has 0 amide bonds. The molecule has 1 fully saturated rings. The van der Waals surface area contributed by atoms with E-state index in [1.165, 1.54) is 14.2 Å². The van der Waals surface area contributed by atoms with E-state index < -0.39 is 20.7 Å². The Morgan fingerprint density at radius 3 is 2.50 bits per heavy atom. The maximum absolute atomic E-state index is 14.1. The maximum atomic E-state index is 14.1. The molecule has 0 bridgehead atoms. The van der Waals surface area contributed by atoms with Crippen LogP contribution in [0.2, 0.25) is 0 Å². The first kappa shape index (κ1) is 17.0. The van der Waals surface area contributed by atoms with Crippen LogP contribution in [0, 0.1) is 5.82 Å². The van der Waals surface area contributed by atoms with Crippen molar-refractivity contribution in [2.45, 2.75) is 36.7 Å². The van der Waals surface area contributed by atoms with Crippen molar-refractivity contribution in [3.8, 4) is 11.5 Å². The summed E-state index contributed by atoms with van der Waals surface area (Å²) in [5, 5.41) is 3.24. The standard InChI is InChI=1S/C14H21FN2O4S/c1-9-6-10(4-5-16-9)17-22(18,19)14-8-13(21-3)12(20-2)7-11(14)15/h7-10,16-17H,4-6H2,1-3H3. The van der Waals surface area contributed by atoms with E-state index in [-0.39, 0.29) is 23.6 Å². The van der Waals surface area contributed by atoms with Crippen molar-refractivity contribution in [1.82, 2.24) is 10.0 Å². The molecule has 1 saturated heterocycles. The molecule has 22 heavy (non-hydrogen) atoms. The highest BCUT2D eigenvalue weighted by atomic mass is 32.2. The van der Waals surface area contributed by atoms with Crippen LogP contribution in [-0.4, -0.2) is 41.3 Å². The lowest BCUT2D eigenvalue weighted by Crippen LogP contribution is -2.46. The van der Waals surface area contributed by atoms with Gasteiger partial charge in [-0.05, 0) is 26.3 Å². The zero-order valence-electron chi connectivity index (χ0n) is 12.8. The van der Waals surface area contributed by atoms with Crippen LogP contribution in [0.1, 0.15) is 19.8 Å². The highest BCUT2D eigenvalue weighted by molar-refractivity contribution is 7.89. The number of methoxy groups -OCH3 is 2. The molecule has 1 aliphatic rings. The number of rotatable bonds is 5. The molecule has 0 saturated carbocycles. The third-order valence-electron chi connectivity index (χ3n) is 3.67. The fraction of sp³-hybridized carbons (Fsp3) is 0.571. The van der Waals surface area contributed by atoms with Crippen molar-refractivity contribution in [2.24, 2.45) is 0 Å². The Morgan fingerprint density at radius 1 is 1.27 bits per heavy atom. The molecule has 2 atom stereocenters. The Morgan fingerprint density at radius 2 is 1.91 bits per heavy atom. The summed E-state index contributed by atoms with van der Waals surface area (Å²) in [5.74, 6) is -0.551. The number of sulfonamides is 1. The number of hydrogen-bond acceptors (Lipinski definition) is 5. The summed E-state index contributed by atoms with van der Waals surface area (Å²) < 4.78 is 51.5. The average Bonchev–Trinajstić information content (AvgIpc) is 2.46. The maximum Gasteiger partial charge on any atom is 0.243 e. The van der Waals surface area contributed by atoms with E-state index in [1.54, 1.807) is 0 Å². The van der Waals surface area contributed by atoms with Gasteiger partial charge in [0.1, 0.15) is 10.7 Å². The third-order valence-corrected chi connectivity index (χ3v) is 5.21. The number of nitrogens with one attached hydrogen (secondary N) is 2. The van der Waals surface area contributed by atoms with Crippen molar-refractivity contribution in [3.63, 3.8) is 0 Å². The molecule has 2 rings (SSSR count). The minimum atomic E-state index is -3.96. The van der Waals surface area contributed by atoms with Crippen LogP contribution in [0.5, 0.6) is 11.5 Å². The summed E-state index contributed by atoms with van der Waals surface area (Å²) in [5.41, 5.74) is 0. The van der Waals surface area contributed by atoms with Crippen molar-refractivity contribution in [1.29, 1.82) is 0 Å². The highest BCUT2D eigenvalue weighted by Crippen LogP contribution is 2.32. The molecule has 124 valence electrons. The van der Waals surface area contributed by atoms with Crippen molar-refractivity contribution in [2.75, 3.05) is 20.8 Å². The average molecular weight is 332 g/mol. The fourth-order valence-corrected chi connectivity index (χ4v) is 3.92. The summed E-state index contributed by atoms with van der Waals surface area (Å²) >= 11 is 0. The summed E-state index contributed by atoms with van der Waals surface area (Å²) in [6, 6.07) is 2.16. The fourth-order valence-electron chi connectivity index (χ4n) is 2.56. The second kappa shape index (κ2) is 6.80. The van der Waals surface area contributed by atoms with Crippen LogP contribution in [-0.2, 0) is 10.0 Å². The molecule has 0 radical (unpaired) electrons. The Labute approximate surface area is 130 Å². The van der Waals surface area contributed by atoms with Gasteiger partial charge in [-0.25, -0.2) is 17.5 Å². The van der Waals surface area contributed by atoms with E-state index in [1.807, 2.05) is 6.92 Å². The lowest BCUT2D eigenvalue weighted by atomic mass is 10.0. The number of ether oxygens (including phenoxy) is 2. The Kier molecular flexibility index (Phi) is 5.25. The minimum absolute atomic E-state index is 0.148. The summed E-state index contributed by atoms with van der Waals surface area (Å²) in [6.07, 6.45) is 1.33. The summed E-state index contributed by atoms with van der Waals surface area (Å²) in [7, 11) is -1.23. The van der Waals surface area contributed by atoms with E-state index in [0.29, 0.717) is 12.8 Å². The predicted octanol–water partition coefficient (Wildman–Crippen LogP) is 1.26. The van der Waals surface area contributed by atoms with Crippen LogP contribution in [0.25, 0.3) is 0 Å². The second-order valence-corrected chi connectivity index (χ2v) is 7.02. The monoisotopic (exact) mass is 332 g/mol. The second-order valence-electron chi connectivity index (χ2n) is 5.34. The topological polar surface area (TPSA) is 76.7 Å². The first-order valence-corrected chi connectivity index (χ1v) is 8.53. The third kappa shape index (κ3) is 3.68. The first-order valence-electron chi connectivity index (χ1n) is 7.04. The van der Waals surface area contributed by atoms with E-state index in [0.717, 1.165) is 18.7 Å². The van der Waals surface area contributed by atoms with Gasteiger partial charge < -0.3 is 14.8 Å². The van der Waals surface area contributed by atoms with E-state index in [9.17, 15) is 12.8 Å². The van der Waals surface area contributed by atoms with Crippen LogP contribution in [0.3, 0.4) is 0 Å². The zero-order valence-corrected chi connectivity index (χ0v) is 13.7. The Balaban J connectivity index is 2.29. The molecule has 2 unspecified atom stereocenters. The normalized spacial score (nSPS) is 22.4. The van der Waals surface area contributed by atoms with Crippen molar-refractivity contribution < 1.29 is 22.3 Å². The van der Waals surface area contributed by atoms with Gasteiger partial charge in [-0.1, -0.05) is 0 Å². The summed E-state index contributed by atoms with van der Waals surface area (Å²) in [4.78, 5) is -0.434. The van der Waals surface area contributed by atoms with Crippen molar-refractivity contribution >= 4 is 10.0 Å². The van der Waals surface area contributed by atoms with E-state index in [4.69, 9.17) is 9.47 Å². The van der Waals surface area contributed by atoms with Crippen molar-refractivity contribution in [3.05, 3.63) is 17.9 Å². The summed E-state index contributed by atoms with van der Waals surface area (Å²) in [6.45, 7) is 2.71. The molecule has 1 heterocycles. The highest BCUT2D eigenvalue weighted by Gasteiger charge is 2.27. The lowest BCUT2D eigenvalue weighted by molar-refractivity contribution is 0.349. The molecule has 1 aromatic carbocycles. The smallest absolute Gasteiger partial charge is 0.243 e. The molecule has 0 aromatic heterocycles. The van der Waals surface area contributed by atoms with Gasteiger partial charge in [0, 0.05) is 24.2 Å². The largest absolute Gasteiger partial charge is 0.493 e. The molecular weight excluding hydrogens is 311 g/mol. The van der Waals surface area contributed by atoms with Gasteiger partial charge in [0.15, 0.2) is 11.5 Å². The van der Waals surface area contributed by atoms with Crippen LogP contribution in [0.15, 0.2) is 17.0 Å². The van der Waals surface area contributed by atoms with Gasteiger partial charge in [-0.15, -0.1) is 0 Å². The van der Waals surface area contributed by atoms with E-state index in [2.05, 4.69) is 10.0 Å². The molecule has 1 aromatic rings.